The Hall–Kier alpha value is -2.78. The van der Waals surface area contributed by atoms with Crippen LogP contribution < -0.4 is 4.72 Å². The Kier molecular flexibility index (Phi) is 5.46. The van der Waals surface area contributed by atoms with Crippen molar-refractivity contribution in [3.05, 3.63) is 60.2 Å². The highest BCUT2D eigenvalue weighted by Crippen LogP contribution is 2.22. The number of fused-ring (bicyclic) bond motifs is 1. The van der Waals surface area contributed by atoms with E-state index in [0.717, 1.165) is 0 Å². The van der Waals surface area contributed by atoms with E-state index in [1.165, 1.54) is 47.3 Å². The molecule has 1 atom stereocenters. The Labute approximate surface area is 168 Å². The predicted molar refractivity (Wildman–Crippen MR) is 107 cm³/mol. The van der Waals surface area contributed by atoms with E-state index in [1.807, 2.05) is 0 Å². The summed E-state index contributed by atoms with van der Waals surface area (Å²) in [4.78, 5) is 16.3. The number of carbonyl (C=O) groups is 1. The van der Waals surface area contributed by atoms with Crippen LogP contribution in [0.4, 0.5) is 9.18 Å². The average molecular weight is 419 g/mol. The fourth-order valence-electron chi connectivity index (χ4n) is 2.74. The minimum Gasteiger partial charge on any atom is -0.443 e. The average Bonchev–Trinajstić information content (AvgIpc) is 3.03. The van der Waals surface area contributed by atoms with Crippen molar-refractivity contribution in [2.75, 3.05) is 0 Å². The van der Waals surface area contributed by atoms with E-state index in [4.69, 9.17) is 4.74 Å². The van der Waals surface area contributed by atoms with E-state index in [2.05, 4.69) is 9.71 Å². The number of aromatic nitrogens is 2. The maximum absolute atomic E-state index is 13.1. The van der Waals surface area contributed by atoms with Crippen molar-refractivity contribution in [1.82, 2.24) is 14.3 Å². The summed E-state index contributed by atoms with van der Waals surface area (Å²) in [7, 11) is -3.93. The van der Waals surface area contributed by atoms with Crippen LogP contribution in [0, 0.1) is 5.82 Å². The first-order valence-corrected chi connectivity index (χ1v) is 10.4. The molecule has 9 heteroatoms. The largest absolute Gasteiger partial charge is 0.443 e. The molecule has 2 aromatic heterocycles. The number of hydrogen-bond acceptors (Lipinski definition) is 5. The van der Waals surface area contributed by atoms with Crippen LogP contribution in [0.25, 0.3) is 10.9 Å². The lowest BCUT2D eigenvalue weighted by Crippen LogP contribution is -2.28. The summed E-state index contributed by atoms with van der Waals surface area (Å²) in [5.41, 5.74) is 0.391. The molecule has 0 radical (unpaired) electrons. The molecule has 0 amide bonds. The van der Waals surface area contributed by atoms with Gasteiger partial charge in [0.05, 0.1) is 11.7 Å². The van der Waals surface area contributed by atoms with Crippen LogP contribution in [-0.4, -0.2) is 29.7 Å². The Morgan fingerprint density at radius 3 is 2.48 bits per heavy atom. The van der Waals surface area contributed by atoms with E-state index >= 15 is 0 Å². The standard InChI is InChI=1S/C20H22FN3O4S/c1-13(14-5-7-16(21)8-6-14)23-29(26,27)18-11-15-9-10-24(17(15)12-22-18)19(25)28-20(2,3)4/h5-13,23H,1-4H3/t13-/m0/s1. The van der Waals surface area contributed by atoms with Gasteiger partial charge in [-0.05, 0) is 57.5 Å². The SMILES string of the molecule is C[C@H](NS(=O)(=O)c1cc2ccn(C(=O)OC(C)(C)C)c2cn1)c1ccc(F)cc1. The fraction of sp³-hybridized carbons (Fsp3) is 0.300. The monoisotopic (exact) mass is 419 g/mol. The molecule has 0 aliphatic rings. The highest BCUT2D eigenvalue weighted by molar-refractivity contribution is 7.89. The molecule has 0 fully saturated rings. The Bertz CT molecular complexity index is 1150. The zero-order chi connectivity index (χ0) is 21.4. The number of pyridine rings is 1. The predicted octanol–water partition coefficient (Wildman–Crippen LogP) is 4.00. The lowest BCUT2D eigenvalue weighted by atomic mass is 10.1. The second kappa shape index (κ2) is 7.57. The van der Waals surface area contributed by atoms with Crippen LogP contribution in [0.15, 0.2) is 53.8 Å². The molecule has 7 nitrogen and oxygen atoms in total. The number of rotatable bonds is 4. The summed E-state index contributed by atoms with van der Waals surface area (Å²) >= 11 is 0. The topological polar surface area (TPSA) is 90.3 Å². The van der Waals surface area contributed by atoms with Crippen LogP contribution in [0.3, 0.4) is 0 Å². The maximum atomic E-state index is 13.1. The third kappa shape index (κ3) is 4.80. The van der Waals surface area contributed by atoms with Gasteiger partial charge in [-0.2, -0.15) is 0 Å². The molecule has 0 aliphatic carbocycles. The van der Waals surface area contributed by atoms with Crippen molar-refractivity contribution in [1.29, 1.82) is 0 Å². The minimum atomic E-state index is -3.93. The van der Waals surface area contributed by atoms with Crippen molar-refractivity contribution in [3.63, 3.8) is 0 Å². The zero-order valence-corrected chi connectivity index (χ0v) is 17.3. The summed E-state index contributed by atoms with van der Waals surface area (Å²) in [5.74, 6) is -0.398. The first-order chi connectivity index (χ1) is 13.5. The molecule has 0 aliphatic heterocycles. The molecule has 3 rings (SSSR count). The molecule has 0 spiro atoms. The summed E-state index contributed by atoms with van der Waals surface area (Å²) in [6.45, 7) is 6.93. The zero-order valence-electron chi connectivity index (χ0n) is 16.5. The summed E-state index contributed by atoms with van der Waals surface area (Å²) in [5, 5.41) is 0.349. The van der Waals surface area contributed by atoms with Crippen LogP contribution in [0.1, 0.15) is 39.3 Å². The number of carbonyl (C=O) groups excluding carboxylic acids is 1. The number of ether oxygens (including phenoxy) is 1. The van der Waals surface area contributed by atoms with E-state index in [9.17, 15) is 17.6 Å². The Morgan fingerprint density at radius 2 is 1.86 bits per heavy atom. The van der Waals surface area contributed by atoms with Crippen LogP contribution in [0.5, 0.6) is 0 Å². The summed E-state index contributed by atoms with van der Waals surface area (Å²) in [6.07, 6.45) is 2.25. The van der Waals surface area contributed by atoms with E-state index in [1.54, 1.807) is 33.8 Å². The highest BCUT2D eigenvalue weighted by atomic mass is 32.2. The van der Waals surface area contributed by atoms with Gasteiger partial charge in [0.1, 0.15) is 11.4 Å². The number of nitrogens with one attached hydrogen (secondary N) is 1. The normalized spacial score (nSPS) is 13.4. The second-order valence-electron chi connectivity index (χ2n) is 7.64. The van der Waals surface area contributed by atoms with Crippen molar-refractivity contribution in [2.45, 2.75) is 44.4 Å². The minimum absolute atomic E-state index is 0.180. The number of nitrogens with zero attached hydrogens (tertiary/aromatic N) is 2. The van der Waals surface area contributed by atoms with E-state index < -0.39 is 33.6 Å². The van der Waals surface area contributed by atoms with Gasteiger partial charge >= 0.3 is 6.09 Å². The van der Waals surface area contributed by atoms with Gasteiger partial charge in [-0.1, -0.05) is 12.1 Å². The van der Waals surface area contributed by atoms with Gasteiger partial charge in [0.25, 0.3) is 10.0 Å². The highest BCUT2D eigenvalue weighted by Gasteiger charge is 2.23. The third-order valence-electron chi connectivity index (χ3n) is 4.12. The summed E-state index contributed by atoms with van der Waals surface area (Å²) in [6, 6.07) is 7.98. The third-order valence-corrected chi connectivity index (χ3v) is 5.56. The molecule has 0 saturated carbocycles. The van der Waals surface area contributed by atoms with Gasteiger partial charge in [-0.3, -0.25) is 4.57 Å². The number of halogens is 1. The van der Waals surface area contributed by atoms with Gasteiger partial charge in [0, 0.05) is 17.6 Å². The first-order valence-electron chi connectivity index (χ1n) is 8.94. The first kappa shape index (κ1) is 20.9. The molecule has 3 aromatic rings. The van der Waals surface area contributed by atoms with Gasteiger partial charge in [-0.25, -0.2) is 27.3 Å². The molecule has 0 saturated heterocycles. The Balaban J connectivity index is 1.86. The number of hydrogen-bond donors (Lipinski definition) is 1. The van der Waals surface area contributed by atoms with Crippen molar-refractivity contribution in [2.24, 2.45) is 0 Å². The lowest BCUT2D eigenvalue weighted by Gasteiger charge is -2.19. The van der Waals surface area contributed by atoms with Gasteiger partial charge in [0.15, 0.2) is 5.03 Å². The molecular weight excluding hydrogens is 397 g/mol. The van der Waals surface area contributed by atoms with Gasteiger partial charge in [0.2, 0.25) is 0 Å². The van der Waals surface area contributed by atoms with Crippen molar-refractivity contribution >= 4 is 27.0 Å². The van der Waals surface area contributed by atoms with E-state index in [-0.39, 0.29) is 5.03 Å². The summed E-state index contributed by atoms with van der Waals surface area (Å²) < 4.78 is 47.6. The molecule has 29 heavy (non-hydrogen) atoms. The van der Waals surface area contributed by atoms with Crippen LogP contribution >= 0.6 is 0 Å². The van der Waals surface area contributed by atoms with E-state index in [0.29, 0.717) is 16.5 Å². The molecule has 0 unspecified atom stereocenters. The molecule has 1 aromatic carbocycles. The quantitative estimate of drug-likeness (QED) is 0.690. The molecular formula is C20H22FN3O4S. The fourth-order valence-corrected chi connectivity index (χ4v) is 3.94. The van der Waals surface area contributed by atoms with Crippen molar-refractivity contribution < 1.29 is 22.3 Å². The maximum Gasteiger partial charge on any atom is 0.419 e. The van der Waals surface area contributed by atoms with Crippen LogP contribution in [0.2, 0.25) is 0 Å². The van der Waals surface area contributed by atoms with Gasteiger partial charge < -0.3 is 4.74 Å². The van der Waals surface area contributed by atoms with Crippen molar-refractivity contribution in [3.8, 4) is 0 Å². The molecule has 2 heterocycles. The number of benzene rings is 1. The van der Waals surface area contributed by atoms with Crippen LogP contribution in [-0.2, 0) is 14.8 Å². The molecule has 0 bridgehead atoms. The number of sulfonamides is 1. The van der Waals surface area contributed by atoms with Gasteiger partial charge in [-0.15, -0.1) is 0 Å². The molecule has 154 valence electrons. The lowest BCUT2D eigenvalue weighted by molar-refractivity contribution is 0.0544. The smallest absolute Gasteiger partial charge is 0.419 e. The second-order valence-corrected chi connectivity index (χ2v) is 9.30. The molecule has 1 N–H and O–H groups in total. The Morgan fingerprint density at radius 1 is 1.21 bits per heavy atom.